The summed E-state index contributed by atoms with van der Waals surface area (Å²) >= 11 is 1.36. The van der Waals surface area contributed by atoms with Crippen molar-refractivity contribution in [2.24, 2.45) is 4.99 Å². The lowest BCUT2D eigenvalue weighted by atomic mass is 10.1. The summed E-state index contributed by atoms with van der Waals surface area (Å²) in [5, 5.41) is 0.663. The van der Waals surface area contributed by atoms with E-state index in [4.69, 9.17) is 19.2 Å². The summed E-state index contributed by atoms with van der Waals surface area (Å²) in [4.78, 5) is 31.8. The molecule has 2 aromatic rings. The van der Waals surface area contributed by atoms with Gasteiger partial charge in [-0.3, -0.25) is 9.69 Å². The van der Waals surface area contributed by atoms with Crippen LogP contribution in [0.4, 0.5) is 5.69 Å². The average molecular weight is 483 g/mol. The lowest BCUT2D eigenvalue weighted by molar-refractivity contribution is -0.145. The van der Waals surface area contributed by atoms with Crippen LogP contribution in [0.1, 0.15) is 37.5 Å². The molecule has 180 valence electrons. The quantitative estimate of drug-likeness (QED) is 0.358. The Bertz CT molecular complexity index is 1110. The molecule has 2 aromatic carbocycles. The summed E-state index contributed by atoms with van der Waals surface area (Å²) in [5.74, 6) is 0.404. The Labute approximate surface area is 204 Å². The van der Waals surface area contributed by atoms with E-state index in [2.05, 4.69) is 0 Å². The third-order valence-corrected chi connectivity index (χ3v) is 6.07. The number of aryl methyl sites for hydroxylation is 2. The molecule has 1 aliphatic heterocycles. The predicted octanol–water partition coefficient (Wildman–Crippen LogP) is 5.27. The number of ether oxygens (including phenoxy) is 3. The zero-order valence-corrected chi connectivity index (χ0v) is 21.0. The van der Waals surface area contributed by atoms with Gasteiger partial charge in [-0.1, -0.05) is 24.3 Å². The first kappa shape index (κ1) is 25.4. The van der Waals surface area contributed by atoms with Gasteiger partial charge in [-0.15, -0.1) is 0 Å². The Kier molecular flexibility index (Phi) is 8.76. The zero-order chi connectivity index (χ0) is 24.7. The van der Waals surface area contributed by atoms with Crippen LogP contribution in [0.3, 0.4) is 0 Å². The lowest BCUT2D eigenvalue weighted by Gasteiger charge is -2.13. The summed E-state index contributed by atoms with van der Waals surface area (Å²) < 4.78 is 16.2. The molecule has 0 bridgehead atoms. The van der Waals surface area contributed by atoms with E-state index >= 15 is 0 Å². The number of hydrogen-bond acceptors (Lipinski definition) is 7. The second kappa shape index (κ2) is 11.7. The molecular weight excluding hydrogens is 452 g/mol. The Morgan fingerprint density at radius 1 is 1.03 bits per heavy atom. The van der Waals surface area contributed by atoms with Crippen LogP contribution in [0.25, 0.3) is 6.08 Å². The second-order valence-electron chi connectivity index (χ2n) is 7.53. The highest BCUT2D eigenvalue weighted by atomic mass is 32.2. The molecule has 7 nitrogen and oxygen atoms in total. The molecule has 8 heteroatoms. The van der Waals surface area contributed by atoms with Gasteiger partial charge in [0.15, 0.2) is 23.3 Å². The molecule has 0 saturated carbocycles. The smallest absolute Gasteiger partial charge is 0.344 e. The van der Waals surface area contributed by atoms with E-state index in [1.54, 1.807) is 24.0 Å². The number of carbonyl (C=O) groups excluding carboxylic acids is 2. The molecule has 1 heterocycles. The monoisotopic (exact) mass is 482 g/mol. The van der Waals surface area contributed by atoms with Crippen LogP contribution in [-0.4, -0.2) is 48.3 Å². The molecule has 0 N–H and O–H groups in total. The summed E-state index contributed by atoms with van der Waals surface area (Å²) in [6.45, 7) is 10.6. The fourth-order valence-electron chi connectivity index (χ4n) is 3.44. The maximum atomic E-state index is 13.1. The number of amidine groups is 1. The minimum absolute atomic E-state index is 0.0851. The van der Waals surface area contributed by atoms with Crippen molar-refractivity contribution in [1.29, 1.82) is 0 Å². The second-order valence-corrected chi connectivity index (χ2v) is 8.54. The first-order chi connectivity index (χ1) is 16.4. The number of para-hydroxylation sites is 1. The van der Waals surface area contributed by atoms with Gasteiger partial charge in [-0.25, -0.2) is 9.79 Å². The van der Waals surface area contributed by atoms with E-state index in [9.17, 15) is 9.59 Å². The molecule has 1 fully saturated rings. The molecule has 1 aliphatic rings. The maximum Gasteiger partial charge on any atom is 0.344 e. The number of carbonyl (C=O) groups is 2. The Morgan fingerprint density at radius 2 is 1.76 bits per heavy atom. The Balaban J connectivity index is 1.88. The lowest BCUT2D eigenvalue weighted by Crippen LogP contribution is -2.28. The van der Waals surface area contributed by atoms with Crippen LogP contribution in [0.15, 0.2) is 46.3 Å². The molecule has 0 unspecified atom stereocenters. The fraction of sp³-hybridized carbons (Fsp3) is 0.346. The largest absolute Gasteiger partial charge is 0.490 e. The van der Waals surface area contributed by atoms with E-state index in [-0.39, 0.29) is 12.5 Å². The minimum atomic E-state index is -0.445. The van der Waals surface area contributed by atoms with E-state index in [1.807, 2.05) is 58.0 Å². The van der Waals surface area contributed by atoms with Crippen LogP contribution in [0.5, 0.6) is 11.5 Å². The molecule has 0 spiro atoms. The molecule has 0 aromatic heterocycles. The van der Waals surface area contributed by atoms with Crippen LogP contribution >= 0.6 is 11.8 Å². The number of likely N-dealkylation sites (N-methyl/N-ethyl adjacent to an activating group) is 1. The molecule has 3 rings (SSSR count). The van der Waals surface area contributed by atoms with Crippen molar-refractivity contribution >= 4 is 40.6 Å². The van der Waals surface area contributed by atoms with Crippen LogP contribution in [0, 0.1) is 13.8 Å². The van der Waals surface area contributed by atoms with Crippen molar-refractivity contribution in [3.05, 3.63) is 58.0 Å². The Morgan fingerprint density at radius 3 is 2.41 bits per heavy atom. The van der Waals surface area contributed by atoms with Crippen molar-refractivity contribution in [3.63, 3.8) is 0 Å². The molecule has 0 aliphatic carbocycles. The summed E-state index contributed by atoms with van der Waals surface area (Å²) in [6, 6.07) is 11.4. The summed E-state index contributed by atoms with van der Waals surface area (Å²) in [7, 11) is 0. The van der Waals surface area contributed by atoms with Crippen molar-refractivity contribution in [1.82, 2.24) is 4.90 Å². The van der Waals surface area contributed by atoms with Gasteiger partial charge in [0.05, 0.1) is 23.8 Å². The van der Waals surface area contributed by atoms with Gasteiger partial charge in [0.25, 0.3) is 5.91 Å². The summed E-state index contributed by atoms with van der Waals surface area (Å²) in [5.41, 5.74) is 3.80. The van der Waals surface area contributed by atoms with Crippen molar-refractivity contribution in [3.8, 4) is 11.5 Å². The number of thioether (sulfide) groups is 1. The SMILES string of the molecule is CCOC(=O)COc1ccc(/C=C2/SC(=Nc3c(C)cccc3C)N(CC)C2=O)cc1OCC. The number of benzene rings is 2. The van der Waals surface area contributed by atoms with Gasteiger partial charge in [0.2, 0.25) is 0 Å². The number of esters is 1. The summed E-state index contributed by atoms with van der Waals surface area (Å²) in [6.07, 6.45) is 1.82. The number of aliphatic imine (C=N–C) groups is 1. The van der Waals surface area contributed by atoms with E-state index in [1.165, 1.54) is 11.8 Å². The van der Waals surface area contributed by atoms with Crippen LogP contribution in [0.2, 0.25) is 0 Å². The number of hydrogen-bond donors (Lipinski definition) is 0. The molecule has 0 atom stereocenters. The first-order valence-electron chi connectivity index (χ1n) is 11.3. The molecule has 1 amide bonds. The minimum Gasteiger partial charge on any atom is -0.490 e. The van der Waals surface area contributed by atoms with Gasteiger partial charge in [-0.2, -0.15) is 0 Å². The topological polar surface area (TPSA) is 77.4 Å². The molecule has 1 saturated heterocycles. The van der Waals surface area contributed by atoms with E-state index in [0.717, 1.165) is 22.4 Å². The number of nitrogens with zero attached hydrogens (tertiary/aromatic N) is 2. The van der Waals surface area contributed by atoms with E-state index in [0.29, 0.717) is 41.3 Å². The van der Waals surface area contributed by atoms with E-state index < -0.39 is 5.97 Å². The van der Waals surface area contributed by atoms with Gasteiger partial charge in [-0.05, 0) is 81.3 Å². The third kappa shape index (κ3) is 5.99. The number of rotatable bonds is 9. The highest BCUT2D eigenvalue weighted by molar-refractivity contribution is 8.18. The van der Waals surface area contributed by atoms with Gasteiger partial charge in [0.1, 0.15) is 0 Å². The van der Waals surface area contributed by atoms with Crippen LogP contribution in [-0.2, 0) is 14.3 Å². The van der Waals surface area contributed by atoms with Gasteiger partial charge < -0.3 is 14.2 Å². The zero-order valence-electron chi connectivity index (χ0n) is 20.2. The highest BCUT2D eigenvalue weighted by Gasteiger charge is 2.32. The van der Waals surface area contributed by atoms with Crippen LogP contribution < -0.4 is 9.47 Å². The van der Waals surface area contributed by atoms with Gasteiger partial charge >= 0.3 is 5.97 Å². The fourth-order valence-corrected chi connectivity index (χ4v) is 4.49. The normalized spacial score (nSPS) is 15.8. The maximum absolute atomic E-state index is 13.1. The standard InChI is InChI=1S/C26H30N2O5S/c1-6-28-25(30)22(34-26(28)27-24-17(4)10-9-11-18(24)5)15-19-12-13-20(21(14-19)31-7-2)33-16-23(29)32-8-3/h9-15H,6-8,16H2,1-5H3/b22-15+,27-26?. The predicted molar refractivity (Wildman–Crippen MR) is 136 cm³/mol. The molecular formula is C26H30N2O5S. The van der Waals surface area contributed by atoms with Crippen molar-refractivity contribution in [2.75, 3.05) is 26.4 Å². The highest BCUT2D eigenvalue weighted by Crippen LogP contribution is 2.37. The molecule has 34 heavy (non-hydrogen) atoms. The Hall–Kier alpha value is -3.26. The molecule has 0 radical (unpaired) electrons. The number of amides is 1. The third-order valence-electron chi connectivity index (χ3n) is 5.07. The van der Waals surface area contributed by atoms with Crippen molar-refractivity contribution < 1.29 is 23.8 Å². The van der Waals surface area contributed by atoms with Crippen molar-refractivity contribution in [2.45, 2.75) is 34.6 Å². The average Bonchev–Trinajstić information content (AvgIpc) is 3.10. The first-order valence-corrected chi connectivity index (χ1v) is 12.1. The van der Waals surface area contributed by atoms with Gasteiger partial charge in [0, 0.05) is 6.54 Å².